The number of piperazine rings is 1. The van der Waals surface area contributed by atoms with E-state index in [1.807, 2.05) is 0 Å². The van der Waals surface area contributed by atoms with Crippen LogP contribution < -0.4 is 10.1 Å². The van der Waals surface area contributed by atoms with E-state index < -0.39 is 12.5 Å². The van der Waals surface area contributed by atoms with Crippen LogP contribution in [0.2, 0.25) is 0 Å². The molecule has 0 aliphatic carbocycles. The SMILES string of the molecule is FC(F)C(F)(F)Oc1ccc([C@@H](C2CCOCC2)N2CCNCC2)cc1. The average Bonchev–Trinajstić information content (AvgIpc) is 2.65. The van der Waals surface area contributed by atoms with Gasteiger partial charge in [0.2, 0.25) is 0 Å². The van der Waals surface area contributed by atoms with Crippen LogP contribution in [-0.2, 0) is 4.74 Å². The Balaban J connectivity index is 1.77. The second-order valence-electron chi connectivity index (χ2n) is 6.71. The molecule has 0 aromatic heterocycles. The molecule has 146 valence electrons. The van der Waals surface area contributed by atoms with Crippen molar-refractivity contribution in [2.75, 3.05) is 39.4 Å². The number of hydrogen-bond donors (Lipinski definition) is 1. The molecule has 1 atom stereocenters. The van der Waals surface area contributed by atoms with Gasteiger partial charge in [0.1, 0.15) is 5.75 Å². The van der Waals surface area contributed by atoms with Gasteiger partial charge in [0.05, 0.1) is 0 Å². The molecule has 2 aliphatic rings. The van der Waals surface area contributed by atoms with E-state index in [4.69, 9.17) is 4.74 Å². The molecule has 0 radical (unpaired) electrons. The van der Waals surface area contributed by atoms with Gasteiger partial charge in [-0.05, 0) is 36.5 Å². The maximum absolute atomic E-state index is 13.1. The van der Waals surface area contributed by atoms with E-state index in [-0.39, 0.29) is 11.8 Å². The third-order valence-corrected chi connectivity index (χ3v) is 4.99. The van der Waals surface area contributed by atoms with Crippen molar-refractivity contribution in [3.05, 3.63) is 29.8 Å². The van der Waals surface area contributed by atoms with Crippen molar-refractivity contribution in [2.24, 2.45) is 5.92 Å². The summed E-state index contributed by atoms with van der Waals surface area (Å²) in [6.45, 7) is 5.06. The van der Waals surface area contributed by atoms with E-state index in [2.05, 4.69) is 15.0 Å². The standard InChI is InChI=1S/C18H24F4N2O2/c19-17(20)18(21,22)26-15-3-1-13(2-4-15)16(14-5-11-25-12-6-14)24-9-7-23-8-10-24/h1-4,14,16-17,23H,5-12H2/t16-/m0/s1. The molecule has 0 bridgehead atoms. The number of nitrogens with zero attached hydrogens (tertiary/aromatic N) is 1. The van der Waals surface area contributed by atoms with Crippen molar-refractivity contribution in [3.8, 4) is 5.75 Å². The number of halogens is 4. The Morgan fingerprint density at radius 2 is 1.69 bits per heavy atom. The zero-order valence-corrected chi connectivity index (χ0v) is 14.5. The molecule has 1 aromatic carbocycles. The zero-order chi connectivity index (χ0) is 18.6. The molecule has 0 amide bonds. The van der Waals surface area contributed by atoms with E-state index in [1.54, 1.807) is 12.1 Å². The van der Waals surface area contributed by atoms with Crippen molar-refractivity contribution in [2.45, 2.75) is 31.4 Å². The third-order valence-electron chi connectivity index (χ3n) is 4.99. The van der Waals surface area contributed by atoms with Crippen molar-refractivity contribution >= 4 is 0 Å². The van der Waals surface area contributed by atoms with E-state index in [0.29, 0.717) is 5.92 Å². The molecule has 2 saturated heterocycles. The Hall–Kier alpha value is -1.38. The molecule has 0 spiro atoms. The molecular formula is C18H24F4N2O2. The molecule has 2 aliphatic heterocycles. The molecule has 8 heteroatoms. The normalized spacial score (nSPS) is 21.7. The summed E-state index contributed by atoms with van der Waals surface area (Å²) in [7, 11) is 0. The van der Waals surface area contributed by atoms with Gasteiger partial charge < -0.3 is 14.8 Å². The first-order chi connectivity index (χ1) is 12.5. The van der Waals surface area contributed by atoms with Crippen LogP contribution in [0.4, 0.5) is 17.6 Å². The van der Waals surface area contributed by atoms with Gasteiger partial charge in [-0.2, -0.15) is 17.6 Å². The first kappa shape index (κ1) is 19.4. The van der Waals surface area contributed by atoms with E-state index in [0.717, 1.165) is 57.8 Å². The van der Waals surface area contributed by atoms with E-state index >= 15 is 0 Å². The summed E-state index contributed by atoms with van der Waals surface area (Å²) in [6.07, 6.45) is -6.47. The average molecular weight is 376 g/mol. The largest absolute Gasteiger partial charge is 0.461 e. The van der Waals surface area contributed by atoms with Crippen LogP contribution in [0.3, 0.4) is 0 Å². The minimum Gasteiger partial charge on any atom is -0.428 e. The molecule has 0 saturated carbocycles. The van der Waals surface area contributed by atoms with Gasteiger partial charge >= 0.3 is 12.5 Å². The fourth-order valence-electron chi connectivity index (χ4n) is 3.71. The van der Waals surface area contributed by atoms with Gasteiger partial charge in [-0.3, -0.25) is 4.90 Å². The molecular weight excluding hydrogens is 352 g/mol. The van der Waals surface area contributed by atoms with Crippen LogP contribution in [0.1, 0.15) is 24.4 Å². The molecule has 4 nitrogen and oxygen atoms in total. The molecule has 1 N–H and O–H groups in total. The Morgan fingerprint density at radius 1 is 1.08 bits per heavy atom. The van der Waals surface area contributed by atoms with Crippen LogP contribution in [0.15, 0.2) is 24.3 Å². The maximum Gasteiger partial charge on any atom is 0.461 e. The number of hydrogen-bond acceptors (Lipinski definition) is 4. The van der Waals surface area contributed by atoms with Crippen molar-refractivity contribution < 1.29 is 27.0 Å². The summed E-state index contributed by atoms with van der Waals surface area (Å²) < 4.78 is 60.4. The van der Waals surface area contributed by atoms with Gasteiger partial charge in [0, 0.05) is 45.4 Å². The maximum atomic E-state index is 13.1. The van der Waals surface area contributed by atoms with Crippen molar-refractivity contribution in [1.82, 2.24) is 10.2 Å². The molecule has 26 heavy (non-hydrogen) atoms. The van der Waals surface area contributed by atoms with Crippen LogP contribution >= 0.6 is 0 Å². The summed E-state index contributed by atoms with van der Waals surface area (Å²) in [6, 6.07) is 6.27. The van der Waals surface area contributed by atoms with Crippen LogP contribution in [0.5, 0.6) is 5.75 Å². The van der Waals surface area contributed by atoms with Crippen LogP contribution in [0.25, 0.3) is 0 Å². The minimum atomic E-state index is -4.49. The molecule has 3 rings (SSSR count). The number of rotatable bonds is 6. The summed E-state index contributed by atoms with van der Waals surface area (Å²) in [4.78, 5) is 2.40. The predicted molar refractivity (Wildman–Crippen MR) is 88.7 cm³/mol. The Morgan fingerprint density at radius 3 is 2.27 bits per heavy atom. The Labute approximate surface area is 150 Å². The van der Waals surface area contributed by atoms with Gasteiger partial charge in [-0.25, -0.2) is 0 Å². The monoisotopic (exact) mass is 376 g/mol. The highest BCUT2D eigenvalue weighted by molar-refractivity contribution is 5.30. The summed E-state index contributed by atoms with van der Waals surface area (Å²) in [5, 5.41) is 3.33. The summed E-state index contributed by atoms with van der Waals surface area (Å²) in [5.74, 6) is 0.154. The topological polar surface area (TPSA) is 33.7 Å². The van der Waals surface area contributed by atoms with Gasteiger partial charge in [0.25, 0.3) is 0 Å². The molecule has 1 aromatic rings. The van der Waals surface area contributed by atoms with E-state index in [9.17, 15) is 17.6 Å². The lowest BCUT2D eigenvalue weighted by molar-refractivity contribution is -0.253. The molecule has 2 fully saturated rings. The lowest BCUT2D eigenvalue weighted by atomic mass is 9.85. The fraction of sp³-hybridized carbons (Fsp3) is 0.667. The van der Waals surface area contributed by atoms with Crippen molar-refractivity contribution in [3.63, 3.8) is 0 Å². The summed E-state index contributed by atoms with van der Waals surface area (Å²) >= 11 is 0. The molecule has 0 unspecified atom stereocenters. The number of benzene rings is 1. The second kappa shape index (κ2) is 8.54. The first-order valence-corrected chi connectivity index (χ1v) is 8.95. The Kier molecular flexibility index (Phi) is 6.37. The fourth-order valence-corrected chi connectivity index (χ4v) is 3.71. The zero-order valence-electron chi connectivity index (χ0n) is 14.5. The highest BCUT2D eigenvalue weighted by atomic mass is 19.3. The second-order valence-corrected chi connectivity index (χ2v) is 6.71. The summed E-state index contributed by atoms with van der Waals surface area (Å²) in [5.41, 5.74) is 0.992. The predicted octanol–water partition coefficient (Wildman–Crippen LogP) is 3.30. The first-order valence-electron chi connectivity index (χ1n) is 8.95. The smallest absolute Gasteiger partial charge is 0.428 e. The van der Waals surface area contributed by atoms with Gasteiger partial charge in [0.15, 0.2) is 0 Å². The molecule has 2 heterocycles. The number of alkyl halides is 4. The minimum absolute atomic E-state index is 0.158. The number of ether oxygens (including phenoxy) is 2. The van der Waals surface area contributed by atoms with Crippen LogP contribution in [0, 0.1) is 5.92 Å². The lowest BCUT2D eigenvalue weighted by Gasteiger charge is -2.41. The lowest BCUT2D eigenvalue weighted by Crippen LogP contribution is -2.47. The highest BCUT2D eigenvalue weighted by Crippen LogP contribution is 2.36. The van der Waals surface area contributed by atoms with Gasteiger partial charge in [-0.1, -0.05) is 12.1 Å². The Bertz CT molecular complexity index is 541. The number of nitrogens with one attached hydrogen (secondary N) is 1. The van der Waals surface area contributed by atoms with Gasteiger partial charge in [-0.15, -0.1) is 0 Å². The van der Waals surface area contributed by atoms with Crippen LogP contribution in [-0.4, -0.2) is 56.8 Å². The highest BCUT2D eigenvalue weighted by Gasteiger charge is 2.44. The quantitative estimate of drug-likeness (QED) is 0.773. The van der Waals surface area contributed by atoms with Crippen molar-refractivity contribution in [1.29, 1.82) is 0 Å². The van der Waals surface area contributed by atoms with E-state index in [1.165, 1.54) is 12.1 Å². The third kappa shape index (κ3) is 4.66.